The molecule has 2 atom stereocenters. The lowest BCUT2D eigenvalue weighted by molar-refractivity contribution is -0.142. The number of carboxylic acids is 1. The van der Waals surface area contributed by atoms with E-state index in [0.717, 1.165) is 11.1 Å². The minimum atomic E-state index is -0.987. The van der Waals surface area contributed by atoms with E-state index in [9.17, 15) is 14.7 Å². The highest BCUT2D eigenvalue weighted by atomic mass is 16.5. The van der Waals surface area contributed by atoms with Crippen molar-refractivity contribution in [3.63, 3.8) is 0 Å². The number of aliphatic carboxylic acids is 1. The van der Waals surface area contributed by atoms with Crippen LogP contribution >= 0.6 is 0 Å². The van der Waals surface area contributed by atoms with Gasteiger partial charge in [-0.05, 0) is 18.1 Å². The van der Waals surface area contributed by atoms with Crippen molar-refractivity contribution in [1.29, 1.82) is 0 Å². The third-order valence-electron chi connectivity index (χ3n) is 3.74. The molecule has 1 heterocycles. The lowest BCUT2D eigenvalue weighted by atomic mass is 9.94. The fourth-order valence-corrected chi connectivity index (χ4v) is 2.37. The van der Waals surface area contributed by atoms with Crippen LogP contribution in [0.5, 0.6) is 0 Å². The molecule has 2 amide bonds. The Kier molecular flexibility index (Phi) is 4.80. The average molecular weight is 292 g/mol. The largest absolute Gasteiger partial charge is 0.480 e. The summed E-state index contributed by atoms with van der Waals surface area (Å²) < 4.78 is 5.07. The number of carbonyl (C=O) groups excluding carboxylic acids is 1. The second-order valence-corrected chi connectivity index (χ2v) is 5.19. The van der Waals surface area contributed by atoms with Crippen molar-refractivity contribution in [3.05, 3.63) is 35.4 Å². The molecule has 6 heteroatoms. The van der Waals surface area contributed by atoms with Crippen molar-refractivity contribution in [2.75, 3.05) is 13.7 Å². The summed E-state index contributed by atoms with van der Waals surface area (Å²) in [4.78, 5) is 25.0. The van der Waals surface area contributed by atoms with Gasteiger partial charge < -0.3 is 20.1 Å². The summed E-state index contributed by atoms with van der Waals surface area (Å²) in [5, 5.41) is 12.1. The SMILES string of the molecule is COC(C)CNC(=O)N1Cc2ccccc2CC1C(=O)O. The molecule has 2 rings (SSSR count). The molecule has 1 aromatic carbocycles. The fourth-order valence-electron chi connectivity index (χ4n) is 2.37. The Morgan fingerprint density at radius 3 is 2.71 bits per heavy atom. The van der Waals surface area contributed by atoms with E-state index in [1.165, 1.54) is 4.90 Å². The molecule has 0 fully saturated rings. The number of hydrogen-bond acceptors (Lipinski definition) is 3. The van der Waals surface area contributed by atoms with Gasteiger partial charge in [-0.1, -0.05) is 24.3 Å². The van der Waals surface area contributed by atoms with E-state index in [4.69, 9.17) is 4.74 Å². The van der Waals surface area contributed by atoms with Crippen molar-refractivity contribution in [1.82, 2.24) is 10.2 Å². The number of hydrogen-bond donors (Lipinski definition) is 2. The number of nitrogens with zero attached hydrogens (tertiary/aromatic N) is 1. The van der Waals surface area contributed by atoms with Crippen molar-refractivity contribution >= 4 is 12.0 Å². The second-order valence-electron chi connectivity index (χ2n) is 5.19. The predicted molar refractivity (Wildman–Crippen MR) is 77.0 cm³/mol. The van der Waals surface area contributed by atoms with E-state index >= 15 is 0 Å². The van der Waals surface area contributed by atoms with Gasteiger partial charge in [-0.3, -0.25) is 0 Å². The monoisotopic (exact) mass is 292 g/mol. The van der Waals surface area contributed by atoms with Crippen LogP contribution in [0, 0.1) is 0 Å². The molecule has 6 nitrogen and oxygen atoms in total. The van der Waals surface area contributed by atoms with Gasteiger partial charge in [0.1, 0.15) is 6.04 Å². The molecule has 0 bridgehead atoms. The van der Waals surface area contributed by atoms with Crippen molar-refractivity contribution < 1.29 is 19.4 Å². The Morgan fingerprint density at radius 2 is 2.10 bits per heavy atom. The van der Waals surface area contributed by atoms with Crippen LogP contribution in [0.1, 0.15) is 18.1 Å². The molecule has 114 valence electrons. The van der Waals surface area contributed by atoms with E-state index in [-0.39, 0.29) is 12.1 Å². The van der Waals surface area contributed by atoms with Gasteiger partial charge in [0.2, 0.25) is 0 Å². The van der Waals surface area contributed by atoms with E-state index in [1.54, 1.807) is 7.11 Å². The molecule has 2 unspecified atom stereocenters. The van der Waals surface area contributed by atoms with E-state index in [2.05, 4.69) is 5.32 Å². The van der Waals surface area contributed by atoms with Gasteiger partial charge in [-0.2, -0.15) is 0 Å². The zero-order chi connectivity index (χ0) is 15.4. The van der Waals surface area contributed by atoms with Gasteiger partial charge in [0.15, 0.2) is 0 Å². The van der Waals surface area contributed by atoms with Crippen LogP contribution in [0.4, 0.5) is 4.79 Å². The number of ether oxygens (including phenoxy) is 1. The Morgan fingerprint density at radius 1 is 1.43 bits per heavy atom. The van der Waals surface area contributed by atoms with Crippen LogP contribution in [-0.4, -0.2) is 47.8 Å². The van der Waals surface area contributed by atoms with Crippen molar-refractivity contribution in [2.45, 2.75) is 32.0 Å². The number of urea groups is 1. The van der Waals surface area contributed by atoms with E-state index in [0.29, 0.717) is 19.5 Å². The van der Waals surface area contributed by atoms with Crippen LogP contribution in [0.15, 0.2) is 24.3 Å². The number of fused-ring (bicyclic) bond motifs is 1. The average Bonchev–Trinajstić information content (AvgIpc) is 2.50. The number of carboxylic acid groups (broad SMARTS) is 1. The maximum Gasteiger partial charge on any atom is 0.326 e. The summed E-state index contributed by atoms with van der Waals surface area (Å²) in [6, 6.07) is 6.40. The van der Waals surface area contributed by atoms with E-state index < -0.39 is 12.0 Å². The summed E-state index contributed by atoms with van der Waals surface area (Å²) in [5.41, 5.74) is 1.98. The minimum Gasteiger partial charge on any atom is -0.480 e. The highest BCUT2D eigenvalue weighted by Crippen LogP contribution is 2.23. The predicted octanol–water partition coefficient (Wildman–Crippen LogP) is 1.24. The maximum absolute atomic E-state index is 12.2. The van der Waals surface area contributed by atoms with Gasteiger partial charge in [0, 0.05) is 26.6 Å². The summed E-state index contributed by atoms with van der Waals surface area (Å²) in [6.07, 6.45) is 0.216. The van der Waals surface area contributed by atoms with E-state index in [1.807, 2.05) is 31.2 Å². The zero-order valence-corrected chi connectivity index (χ0v) is 12.2. The fraction of sp³-hybridized carbons (Fsp3) is 0.467. The zero-order valence-electron chi connectivity index (χ0n) is 12.2. The Hall–Kier alpha value is -2.08. The molecule has 0 saturated carbocycles. The highest BCUT2D eigenvalue weighted by molar-refractivity contribution is 5.83. The van der Waals surface area contributed by atoms with Crippen molar-refractivity contribution in [3.8, 4) is 0 Å². The molecule has 0 spiro atoms. The number of methoxy groups -OCH3 is 1. The van der Waals surface area contributed by atoms with Gasteiger partial charge in [-0.15, -0.1) is 0 Å². The van der Waals surface area contributed by atoms with Crippen LogP contribution in [0.25, 0.3) is 0 Å². The Balaban J connectivity index is 2.13. The van der Waals surface area contributed by atoms with Gasteiger partial charge >= 0.3 is 12.0 Å². The number of rotatable bonds is 4. The third-order valence-corrected chi connectivity index (χ3v) is 3.74. The first-order valence-electron chi connectivity index (χ1n) is 6.89. The molecule has 21 heavy (non-hydrogen) atoms. The number of benzene rings is 1. The number of amides is 2. The highest BCUT2D eigenvalue weighted by Gasteiger charge is 2.34. The first kappa shape index (κ1) is 15.3. The Labute approximate surface area is 123 Å². The van der Waals surface area contributed by atoms with Gasteiger partial charge in [-0.25, -0.2) is 9.59 Å². The van der Waals surface area contributed by atoms with Gasteiger partial charge in [0.05, 0.1) is 6.10 Å². The Bertz CT molecular complexity index is 532. The summed E-state index contributed by atoms with van der Waals surface area (Å²) >= 11 is 0. The second kappa shape index (κ2) is 6.58. The topological polar surface area (TPSA) is 78.9 Å². The molecule has 1 aliphatic heterocycles. The smallest absolute Gasteiger partial charge is 0.326 e. The van der Waals surface area contributed by atoms with Crippen LogP contribution in [0.2, 0.25) is 0 Å². The first-order chi connectivity index (χ1) is 10.0. The van der Waals surface area contributed by atoms with Crippen LogP contribution in [0.3, 0.4) is 0 Å². The lowest BCUT2D eigenvalue weighted by Gasteiger charge is -2.34. The number of nitrogens with one attached hydrogen (secondary N) is 1. The maximum atomic E-state index is 12.2. The summed E-state index contributed by atoms with van der Waals surface area (Å²) in [7, 11) is 1.56. The standard InChI is InChI=1S/C15H20N2O4/c1-10(21-2)8-16-15(20)17-9-12-6-4-3-5-11(12)7-13(17)14(18)19/h3-6,10,13H,7-9H2,1-2H3,(H,16,20)(H,18,19). The molecule has 0 radical (unpaired) electrons. The molecule has 1 aromatic rings. The number of carbonyl (C=O) groups is 2. The molecule has 0 aromatic heterocycles. The molecule has 2 N–H and O–H groups in total. The summed E-state index contributed by atoms with van der Waals surface area (Å²) in [6.45, 7) is 2.49. The molecule has 1 aliphatic rings. The van der Waals surface area contributed by atoms with Crippen molar-refractivity contribution in [2.24, 2.45) is 0 Å². The minimum absolute atomic E-state index is 0.116. The third kappa shape index (κ3) is 3.52. The summed E-state index contributed by atoms with van der Waals surface area (Å²) in [5.74, 6) is -0.987. The van der Waals surface area contributed by atoms with Crippen LogP contribution in [-0.2, 0) is 22.5 Å². The lowest BCUT2D eigenvalue weighted by Crippen LogP contribution is -2.53. The molecule has 0 saturated heterocycles. The van der Waals surface area contributed by atoms with Gasteiger partial charge in [0.25, 0.3) is 0 Å². The molecule has 0 aliphatic carbocycles. The molecular formula is C15H20N2O4. The normalized spacial score (nSPS) is 18.8. The quantitative estimate of drug-likeness (QED) is 0.875. The first-order valence-corrected chi connectivity index (χ1v) is 6.89. The van der Waals surface area contributed by atoms with Crippen LogP contribution < -0.4 is 5.32 Å². The molecular weight excluding hydrogens is 272 g/mol.